The van der Waals surface area contributed by atoms with Gasteiger partial charge in [0.2, 0.25) is 0 Å². The minimum atomic E-state index is -4.62. The molecule has 2 aromatic rings. The van der Waals surface area contributed by atoms with Gasteiger partial charge in [-0.25, -0.2) is 4.98 Å². The maximum Gasteiger partial charge on any atom is 0.433 e. The molecule has 0 spiro atoms. The summed E-state index contributed by atoms with van der Waals surface area (Å²) >= 11 is 5.94. The Morgan fingerprint density at radius 2 is 1.96 bits per heavy atom. The van der Waals surface area contributed by atoms with Crippen LogP contribution in [0, 0.1) is 11.3 Å². The molecular formula is C15H11ClF3N3O. The lowest BCUT2D eigenvalue weighted by atomic mass is 10.1. The quantitative estimate of drug-likeness (QED) is 0.888. The molecule has 0 saturated carbocycles. The molecule has 2 N–H and O–H groups in total. The molecule has 0 aliphatic heterocycles. The molecule has 0 bridgehead atoms. The van der Waals surface area contributed by atoms with Gasteiger partial charge in [0.1, 0.15) is 17.6 Å². The van der Waals surface area contributed by atoms with Crippen LogP contribution in [-0.2, 0) is 6.18 Å². The van der Waals surface area contributed by atoms with Crippen molar-refractivity contribution >= 4 is 17.4 Å². The van der Waals surface area contributed by atoms with Crippen molar-refractivity contribution in [1.29, 1.82) is 5.26 Å². The van der Waals surface area contributed by atoms with Crippen molar-refractivity contribution < 1.29 is 18.3 Å². The van der Waals surface area contributed by atoms with Gasteiger partial charge in [-0.15, -0.1) is 0 Å². The molecule has 0 fully saturated rings. The van der Waals surface area contributed by atoms with Crippen LogP contribution in [0.4, 0.5) is 19.0 Å². The van der Waals surface area contributed by atoms with E-state index in [2.05, 4.69) is 10.3 Å². The van der Waals surface area contributed by atoms with Crippen LogP contribution in [-0.4, -0.2) is 16.6 Å². The molecule has 0 aliphatic carbocycles. The van der Waals surface area contributed by atoms with Gasteiger partial charge in [-0.05, 0) is 18.2 Å². The summed E-state index contributed by atoms with van der Waals surface area (Å²) in [6.45, 7) is -0.146. The number of halogens is 4. The number of rotatable bonds is 4. The van der Waals surface area contributed by atoms with E-state index in [1.165, 1.54) is 0 Å². The molecule has 0 aliphatic rings. The summed E-state index contributed by atoms with van der Waals surface area (Å²) in [5.41, 5.74) is -0.747. The van der Waals surface area contributed by atoms with Gasteiger partial charge in [-0.3, -0.25) is 0 Å². The monoisotopic (exact) mass is 341 g/mol. The summed E-state index contributed by atoms with van der Waals surface area (Å²) < 4.78 is 38.0. The van der Waals surface area contributed by atoms with Crippen LogP contribution in [0.25, 0.3) is 0 Å². The van der Waals surface area contributed by atoms with Crippen LogP contribution in [0.5, 0.6) is 0 Å². The first kappa shape index (κ1) is 17.1. The fourth-order valence-electron chi connectivity index (χ4n) is 1.89. The van der Waals surface area contributed by atoms with Gasteiger partial charge in [0.05, 0.1) is 11.7 Å². The van der Waals surface area contributed by atoms with E-state index in [1.54, 1.807) is 30.3 Å². The van der Waals surface area contributed by atoms with Crippen LogP contribution >= 0.6 is 11.6 Å². The average molecular weight is 342 g/mol. The highest BCUT2D eigenvalue weighted by molar-refractivity contribution is 6.31. The first-order chi connectivity index (χ1) is 10.8. The second kappa shape index (κ2) is 6.86. The predicted octanol–water partition coefficient (Wildman–Crippen LogP) is 3.77. The zero-order valence-corrected chi connectivity index (χ0v) is 12.4. The predicted molar refractivity (Wildman–Crippen MR) is 78.9 cm³/mol. The fraction of sp³-hybridized carbons (Fsp3) is 0.200. The smallest absolute Gasteiger partial charge is 0.387 e. The molecule has 1 aromatic carbocycles. The van der Waals surface area contributed by atoms with Gasteiger partial charge in [-0.2, -0.15) is 18.4 Å². The highest BCUT2D eigenvalue weighted by atomic mass is 35.5. The number of aliphatic hydroxyl groups is 1. The van der Waals surface area contributed by atoms with Gasteiger partial charge in [-0.1, -0.05) is 29.8 Å². The molecule has 0 saturated heterocycles. The molecule has 1 unspecified atom stereocenters. The molecule has 2 rings (SSSR count). The Kier molecular flexibility index (Phi) is 5.08. The molecule has 23 heavy (non-hydrogen) atoms. The third kappa shape index (κ3) is 4.12. The highest BCUT2D eigenvalue weighted by Crippen LogP contribution is 2.30. The summed E-state index contributed by atoms with van der Waals surface area (Å²) in [6, 6.07) is 10.1. The first-order valence-corrected chi connectivity index (χ1v) is 6.85. The Morgan fingerprint density at radius 1 is 1.26 bits per heavy atom. The number of benzene rings is 1. The zero-order chi connectivity index (χ0) is 17.0. The van der Waals surface area contributed by atoms with E-state index in [-0.39, 0.29) is 17.9 Å². The van der Waals surface area contributed by atoms with Crippen LogP contribution in [0.2, 0.25) is 5.02 Å². The number of aliphatic hydroxyl groups excluding tert-OH is 1. The van der Waals surface area contributed by atoms with Crippen molar-refractivity contribution in [3.8, 4) is 6.07 Å². The van der Waals surface area contributed by atoms with Gasteiger partial charge >= 0.3 is 6.18 Å². The minimum absolute atomic E-state index is 0.0515. The Morgan fingerprint density at radius 3 is 2.57 bits per heavy atom. The Hall–Kier alpha value is -2.30. The third-order valence-corrected chi connectivity index (χ3v) is 3.38. The van der Waals surface area contributed by atoms with E-state index < -0.39 is 18.0 Å². The number of nitrogens with zero attached hydrogens (tertiary/aromatic N) is 2. The van der Waals surface area contributed by atoms with E-state index in [0.29, 0.717) is 10.6 Å². The normalized spacial score (nSPS) is 12.5. The van der Waals surface area contributed by atoms with Crippen molar-refractivity contribution in [2.75, 3.05) is 11.9 Å². The number of hydrogen-bond donors (Lipinski definition) is 2. The summed E-state index contributed by atoms with van der Waals surface area (Å²) in [7, 11) is 0. The second-order valence-electron chi connectivity index (χ2n) is 4.62. The maximum atomic E-state index is 12.7. The number of anilines is 1. The Bertz CT molecular complexity index is 743. The van der Waals surface area contributed by atoms with Crippen molar-refractivity contribution in [2.24, 2.45) is 0 Å². The minimum Gasteiger partial charge on any atom is -0.387 e. The van der Waals surface area contributed by atoms with Crippen LogP contribution in [0.15, 0.2) is 36.4 Å². The van der Waals surface area contributed by atoms with Crippen molar-refractivity contribution in [3.05, 3.63) is 58.2 Å². The van der Waals surface area contributed by atoms with Crippen molar-refractivity contribution in [2.45, 2.75) is 12.3 Å². The van der Waals surface area contributed by atoms with E-state index >= 15 is 0 Å². The first-order valence-electron chi connectivity index (χ1n) is 6.47. The molecule has 120 valence electrons. The topological polar surface area (TPSA) is 68.9 Å². The zero-order valence-electron chi connectivity index (χ0n) is 11.6. The standard InChI is InChI=1S/C15H11ClF3N3O/c16-11-4-2-1-3-10(11)12(23)8-21-14-9(7-20)5-6-13(22-14)15(17,18)19/h1-6,12,23H,8H2,(H,21,22). The molecule has 0 amide bonds. The van der Waals surface area contributed by atoms with E-state index in [4.69, 9.17) is 16.9 Å². The van der Waals surface area contributed by atoms with E-state index in [1.807, 2.05) is 0 Å². The summed E-state index contributed by atoms with van der Waals surface area (Å²) in [4.78, 5) is 3.40. The number of pyridine rings is 1. The molecule has 8 heteroatoms. The summed E-state index contributed by atoms with van der Waals surface area (Å²) in [5, 5.41) is 21.9. The molecule has 1 atom stereocenters. The number of aromatic nitrogens is 1. The number of hydrogen-bond acceptors (Lipinski definition) is 4. The van der Waals surface area contributed by atoms with Crippen molar-refractivity contribution in [1.82, 2.24) is 4.98 Å². The van der Waals surface area contributed by atoms with Crippen LogP contribution in [0.3, 0.4) is 0 Å². The lowest BCUT2D eigenvalue weighted by molar-refractivity contribution is -0.141. The summed E-state index contributed by atoms with van der Waals surface area (Å²) in [6.07, 6.45) is -5.68. The largest absolute Gasteiger partial charge is 0.433 e. The average Bonchev–Trinajstić information content (AvgIpc) is 2.51. The second-order valence-corrected chi connectivity index (χ2v) is 5.03. The lowest BCUT2D eigenvalue weighted by Crippen LogP contribution is -2.16. The molecule has 1 aromatic heterocycles. The Balaban J connectivity index is 2.20. The van der Waals surface area contributed by atoms with Crippen LogP contribution < -0.4 is 5.32 Å². The lowest BCUT2D eigenvalue weighted by Gasteiger charge is -2.15. The number of nitriles is 1. The van der Waals surface area contributed by atoms with Gasteiger partial charge in [0, 0.05) is 17.1 Å². The molecule has 0 radical (unpaired) electrons. The molecule has 4 nitrogen and oxygen atoms in total. The third-order valence-electron chi connectivity index (χ3n) is 3.03. The van der Waals surface area contributed by atoms with Gasteiger partial charge in [0.15, 0.2) is 0 Å². The van der Waals surface area contributed by atoms with Gasteiger partial charge in [0.25, 0.3) is 0 Å². The Labute approximate surface area is 135 Å². The fourth-order valence-corrected chi connectivity index (χ4v) is 2.15. The van der Waals surface area contributed by atoms with E-state index in [9.17, 15) is 18.3 Å². The van der Waals surface area contributed by atoms with Crippen LogP contribution in [0.1, 0.15) is 22.9 Å². The number of alkyl halides is 3. The van der Waals surface area contributed by atoms with Gasteiger partial charge < -0.3 is 10.4 Å². The molecular weight excluding hydrogens is 331 g/mol. The maximum absolute atomic E-state index is 12.7. The highest BCUT2D eigenvalue weighted by Gasteiger charge is 2.33. The summed E-state index contributed by atoms with van der Waals surface area (Å²) in [5.74, 6) is -0.242. The van der Waals surface area contributed by atoms with Crippen molar-refractivity contribution in [3.63, 3.8) is 0 Å². The molecule has 1 heterocycles. The SMILES string of the molecule is N#Cc1ccc(C(F)(F)F)nc1NCC(O)c1ccccc1Cl. The number of nitrogens with one attached hydrogen (secondary N) is 1. The van der Waals surface area contributed by atoms with E-state index in [0.717, 1.165) is 12.1 Å².